The molecule has 0 saturated heterocycles. The van der Waals surface area contributed by atoms with E-state index in [9.17, 15) is 0 Å². The third-order valence-electron chi connectivity index (χ3n) is 9.79. The van der Waals surface area contributed by atoms with Crippen molar-refractivity contribution in [2.45, 2.75) is 0 Å². The maximum absolute atomic E-state index is 6.88. The van der Waals surface area contributed by atoms with Crippen LogP contribution in [0.2, 0.25) is 0 Å². The van der Waals surface area contributed by atoms with Crippen LogP contribution in [0.5, 0.6) is 0 Å². The van der Waals surface area contributed by atoms with Crippen LogP contribution in [0.3, 0.4) is 0 Å². The van der Waals surface area contributed by atoms with Gasteiger partial charge in [0.2, 0.25) is 0 Å². The normalized spacial score (nSPS) is 11.8. The molecule has 10 rings (SSSR count). The maximum Gasteiger partial charge on any atom is 0.160 e. The highest BCUT2D eigenvalue weighted by Gasteiger charge is 2.25. The van der Waals surface area contributed by atoms with E-state index in [1.165, 1.54) is 43.1 Å². The van der Waals surface area contributed by atoms with Crippen molar-refractivity contribution >= 4 is 82.1 Å². The number of rotatable bonds is 4. The van der Waals surface area contributed by atoms with Crippen LogP contribution in [0, 0.1) is 0 Å². The lowest BCUT2D eigenvalue weighted by Crippen LogP contribution is -2.12. The van der Waals surface area contributed by atoms with Gasteiger partial charge in [-0.3, -0.25) is 0 Å². The molecule has 0 fully saturated rings. The fraction of sp³-hybridized carbons (Fsp3) is 0. The van der Waals surface area contributed by atoms with Gasteiger partial charge in [0.25, 0.3) is 0 Å². The Labute approximate surface area is 277 Å². The van der Waals surface area contributed by atoms with Crippen molar-refractivity contribution in [2.24, 2.45) is 0 Å². The first-order chi connectivity index (χ1) is 23.8. The summed E-state index contributed by atoms with van der Waals surface area (Å²) in [6, 6.07) is 63.2. The average Bonchev–Trinajstić information content (AvgIpc) is 3.56. The van der Waals surface area contributed by atoms with E-state index in [4.69, 9.17) is 4.42 Å². The van der Waals surface area contributed by atoms with Gasteiger partial charge in [-0.1, -0.05) is 152 Å². The highest BCUT2D eigenvalue weighted by atomic mass is 16.3. The summed E-state index contributed by atoms with van der Waals surface area (Å²) >= 11 is 0. The second-order valence-corrected chi connectivity index (χ2v) is 12.5. The Morgan fingerprint density at radius 1 is 0.354 bits per heavy atom. The summed E-state index contributed by atoms with van der Waals surface area (Å²) in [7, 11) is 0. The summed E-state index contributed by atoms with van der Waals surface area (Å²) in [5.41, 5.74) is 7.28. The standard InChI is InChI=1S/C46H29NO/c1-2-14-30(15-3-1)34-18-10-12-24-40(34)47(42-28-32-17-5-7-20-36(32)45-39-23-11-13-25-43(39)48-46(42)45)41-29-33-27-26-31-16-4-6-19-35(31)44(33)38-22-9-8-21-37(38)41/h1-29H. The molecule has 1 aromatic heterocycles. The van der Waals surface area contributed by atoms with Crippen molar-refractivity contribution in [2.75, 3.05) is 4.90 Å². The molecule has 10 aromatic rings. The Balaban J connectivity index is 1.40. The van der Waals surface area contributed by atoms with Crippen molar-refractivity contribution in [1.82, 2.24) is 0 Å². The van der Waals surface area contributed by atoms with E-state index in [0.29, 0.717) is 0 Å². The molecule has 0 radical (unpaired) electrons. The minimum Gasteiger partial charge on any atom is -0.454 e. The van der Waals surface area contributed by atoms with Crippen molar-refractivity contribution < 1.29 is 4.42 Å². The molecule has 0 spiro atoms. The van der Waals surface area contributed by atoms with Gasteiger partial charge in [0.15, 0.2) is 5.58 Å². The summed E-state index contributed by atoms with van der Waals surface area (Å²) in [5.74, 6) is 0. The van der Waals surface area contributed by atoms with E-state index >= 15 is 0 Å². The van der Waals surface area contributed by atoms with Crippen LogP contribution < -0.4 is 4.90 Å². The number of furan rings is 1. The minimum atomic E-state index is 0.875. The molecular formula is C46H29NO. The molecule has 0 N–H and O–H groups in total. The highest BCUT2D eigenvalue weighted by molar-refractivity contribution is 6.26. The second-order valence-electron chi connectivity index (χ2n) is 12.5. The van der Waals surface area contributed by atoms with Gasteiger partial charge in [-0.15, -0.1) is 0 Å². The average molecular weight is 612 g/mol. The molecule has 0 aliphatic carbocycles. The van der Waals surface area contributed by atoms with E-state index in [1.807, 2.05) is 0 Å². The Morgan fingerprint density at radius 3 is 1.77 bits per heavy atom. The van der Waals surface area contributed by atoms with Gasteiger partial charge >= 0.3 is 0 Å². The van der Waals surface area contributed by atoms with Crippen molar-refractivity contribution in [3.63, 3.8) is 0 Å². The fourth-order valence-electron chi connectivity index (χ4n) is 7.69. The lowest BCUT2D eigenvalue weighted by atomic mass is 9.93. The summed E-state index contributed by atoms with van der Waals surface area (Å²) in [6.45, 7) is 0. The Bertz CT molecular complexity index is 2850. The molecule has 0 bridgehead atoms. The van der Waals surface area contributed by atoms with Crippen LogP contribution in [0.4, 0.5) is 17.1 Å². The molecular weight excluding hydrogens is 583 g/mol. The quantitative estimate of drug-likeness (QED) is 0.184. The monoisotopic (exact) mass is 611 g/mol. The first-order valence-electron chi connectivity index (χ1n) is 16.4. The number of hydrogen-bond acceptors (Lipinski definition) is 2. The zero-order chi connectivity index (χ0) is 31.6. The molecule has 48 heavy (non-hydrogen) atoms. The van der Waals surface area contributed by atoms with E-state index in [1.54, 1.807) is 0 Å². The smallest absolute Gasteiger partial charge is 0.160 e. The van der Waals surface area contributed by atoms with Gasteiger partial charge in [0.05, 0.1) is 17.1 Å². The molecule has 9 aromatic carbocycles. The summed E-state index contributed by atoms with van der Waals surface area (Å²) in [5, 5.41) is 12.0. The molecule has 2 heteroatoms. The molecule has 0 saturated carbocycles. The minimum absolute atomic E-state index is 0.875. The largest absolute Gasteiger partial charge is 0.454 e. The SMILES string of the molecule is c1ccc(-c2ccccc2N(c2cc3ccc4ccccc4c3c3ccccc23)c2cc3ccccc3c3c2oc2ccccc23)cc1. The van der Waals surface area contributed by atoms with E-state index in [0.717, 1.165) is 50.1 Å². The predicted molar refractivity (Wildman–Crippen MR) is 204 cm³/mol. The third kappa shape index (κ3) is 4.00. The topological polar surface area (TPSA) is 16.4 Å². The van der Waals surface area contributed by atoms with Crippen LogP contribution in [0.25, 0.3) is 76.2 Å². The van der Waals surface area contributed by atoms with E-state index in [2.05, 4.69) is 181 Å². The lowest BCUT2D eigenvalue weighted by molar-refractivity contribution is 0.669. The van der Waals surface area contributed by atoms with Gasteiger partial charge < -0.3 is 9.32 Å². The van der Waals surface area contributed by atoms with Gasteiger partial charge in [0, 0.05) is 21.7 Å². The molecule has 0 atom stereocenters. The molecule has 0 aliphatic rings. The summed E-state index contributed by atoms with van der Waals surface area (Å²) in [4.78, 5) is 2.44. The molecule has 0 unspecified atom stereocenters. The molecule has 1 heterocycles. The molecule has 2 nitrogen and oxygen atoms in total. The first-order valence-corrected chi connectivity index (χ1v) is 16.4. The molecule has 224 valence electrons. The predicted octanol–water partition coefficient (Wildman–Crippen LogP) is 13.3. The Hall–Kier alpha value is -6.38. The maximum atomic E-state index is 6.88. The number of fused-ring (bicyclic) bond motifs is 10. The third-order valence-corrected chi connectivity index (χ3v) is 9.79. The van der Waals surface area contributed by atoms with Crippen molar-refractivity contribution in [3.05, 3.63) is 176 Å². The fourth-order valence-corrected chi connectivity index (χ4v) is 7.69. The number of anilines is 3. The number of hydrogen-bond donors (Lipinski definition) is 0. The summed E-state index contributed by atoms with van der Waals surface area (Å²) < 4.78 is 6.88. The van der Waals surface area contributed by atoms with Crippen LogP contribution in [0.1, 0.15) is 0 Å². The summed E-state index contributed by atoms with van der Waals surface area (Å²) in [6.07, 6.45) is 0. The Morgan fingerprint density at radius 2 is 0.938 bits per heavy atom. The Kier molecular flexibility index (Phi) is 5.91. The van der Waals surface area contributed by atoms with E-state index in [-0.39, 0.29) is 0 Å². The number of nitrogens with zero attached hydrogens (tertiary/aromatic N) is 1. The van der Waals surface area contributed by atoms with Crippen molar-refractivity contribution in [1.29, 1.82) is 0 Å². The number of para-hydroxylation sites is 2. The lowest BCUT2D eigenvalue weighted by Gasteiger charge is -2.30. The zero-order valence-electron chi connectivity index (χ0n) is 26.1. The van der Waals surface area contributed by atoms with Crippen LogP contribution in [0.15, 0.2) is 180 Å². The van der Waals surface area contributed by atoms with Crippen LogP contribution in [-0.2, 0) is 0 Å². The highest BCUT2D eigenvalue weighted by Crippen LogP contribution is 2.50. The van der Waals surface area contributed by atoms with Gasteiger partial charge in [0.1, 0.15) is 5.58 Å². The number of benzene rings is 9. The molecule has 0 aliphatic heterocycles. The van der Waals surface area contributed by atoms with Gasteiger partial charge in [-0.05, 0) is 67.5 Å². The first kappa shape index (κ1) is 26.8. The van der Waals surface area contributed by atoms with Crippen LogP contribution in [-0.4, -0.2) is 0 Å². The van der Waals surface area contributed by atoms with Crippen molar-refractivity contribution in [3.8, 4) is 11.1 Å². The van der Waals surface area contributed by atoms with Gasteiger partial charge in [-0.2, -0.15) is 0 Å². The van der Waals surface area contributed by atoms with Crippen LogP contribution >= 0.6 is 0 Å². The molecule has 0 amide bonds. The zero-order valence-corrected chi connectivity index (χ0v) is 26.1. The second kappa shape index (κ2) is 10.6. The van der Waals surface area contributed by atoms with Gasteiger partial charge in [-0.25, -0.2) is 0 Å². The van der Waals surface area contributed by atoms with E-state index < -0.39 is 0 Å².